The molecule has 0 aromatic carbocycles. The number of likely N-dealkylation sites (N-methyl/N-ethyl adjacent to an activating group) is 1. The fourth-order valence-electron chi connectivity index (χ4n) is 3.56. The monoisotopic (exact) mass is 292 g/mol. The van der Waals surface area contributed by atoms with E-state index in [0.717, 1.165) is 12.8 Å². The van der Waals surface area contributed by atoms with E-state index in [2.05, 4.69) is 15.5 Å². The summed E-state index contributed by atoms with van der Waals surface area (Å²) in [6.45, 7) is 2.37. The second kappa shape index (κ2) is 6.13. The lowest BCUT2D eigenvalue weighted by Gasteiger charge is -2.24. The van der Waals surface area contributed by atoms with E-state index >= 15 is 0 Å². The number of amides is 1. The zero-order chi connectivity index (χ0) is 14.8. The topological polar surface area (TPSA) is 71.3 Å². The number of hydrogen-bond acceptors (Lipinski definition) is 5. The van der Waals surface area contributed by atoms with Crippen LogP contribution >= 0.6 is 0 Å². The van der Waals surface area contributed by atoms with Crippen molar-refractivity contribution in [2.75, 3.05) is 7.05 Å². The molecule has 2 aliphatic rings. The molecule has 1 N–H and O–H groups in total. The molecule has 21 heavy (non-hydrogen) atoms. The van der Waals surface area contributed by atoms with Gasteiger partial charge >= 0.3 is 0 Å². The Balaban J connectivity index is 1.57. The Kier molecular flexibility index (Phi) is 4.24. The number of aryl methyl sites for hydroxylation is 1. The molecule has 3 atom stereocenters. The van der Waals surface area contributed by atoms with Crippen LogP contribution in [0, 0.1) is 5.92 Å². The molecular weight excluding hydrogens is 268 g/mol. The number of fused-ring (bicyclic) bond motifs is 1. The van der Waals surface area contributed by atoms with Gasteiger partial charge in [0.25, 0.3) is 0 Å². The third-order valence-electron chi connectivity index (χ3n) is 4.74. The number of carbonyl (C=O) groups is 1. The number of nitrogens with one attached hydrogen (secondary N) is 1. The lowest BCUT2D eigenvalue weighted by atomic mass is 9.85. The molecule has 0 unspecified atom stereocenters. The summed E-state index contributed by atoms with van der Waals surface area (Å²) in [7, 11) is 1.81. The van der Waals surface area contributed by atoms with Crippen molar-refractivity contribution in [1.82, 2.24) is 20.4 Å². The summed E-state index contributed by atoms with van der Waals surface area (Å²) in [4.78, 5) is 18.5. The first kappa shape index (κ1) is 14.5. The van der Waals surface area contributed by atoms with Crippen LogP contribution in [0.1, 0.15) is 50.7 Å². The van der Waals surface area contributed by atoms with Crippen LogP contribution in [0.15, 0.2) is 4.52 Å². The van der Waals surface area contributed by atoms with Gasteiger partial charge in [0, 0.05) is 19.5 Å². The Hall–Kier alpha value is -1.43. The maximum absolute atomic E-state index is 12.5. The predicted molar refractivity (Wildman–Crippen MR) is 77.4 cm³/mol. The van der Waals surface area contributed by atoms with E-state index < -0.39 is 0 Å². The lowest BCUT2D eigenvalue weighted by molar-refractivity contribution is -0.132. The summed E-state index contributed by atoms with van der Waals surface area (Å²) in [5.74, 6) is 2.02. The van der Waals surface area contributed by atoms with E-state index in [1.165, 1.54) is 25.7 Å². The van der Waals surface area contributed by atoms with Crippen molar-refractivity contribution in [2.24, 2.45) is 5.92 Å². The molecule has 1 aliphatic carbocycles. The molecule has 1 aromatic rings. The van der Waals surface area contributed by atoms with Crippen molar-refractivity contribution in [3.63, 3.8) is 0 Å². The van der Waals surface area contributed by atoms with Gasteiger partial charge in [-0.3, -0.25) is 4.79 Å². The highest BCUT2D eigenvalue weighted by atomic mass is 16.5. The molecular formula is C15H24N4O2. The van der Waals surface area contributed by atoms with Gasteiger partial charge in [-0.15, -0.1) is 0 Å². The third-order valence-corrected chi connectivity index (χ3v) is 4.74. The van der Waals surface area contributed by atoms with E-state index in [0.29, 0.717) is 30.2 Å². The van der Waals surface area contributed by atoms with Crippen molar-refractivity contribution in [3.05, 3.63) is 11.7 Å². The molecule has 6 heteroatoms. The van der Waals surface area contributed by atoms with Crippen molar-refractivity contribution in [2.45, 2.75) is 64.1 Å². The first-order valence-corrected chi connectivity index (χ1v) is 8.00. The van der Waals surface area contributed by atoms with Crippen molar-refractivity contribution in [3.8, 4) is 0 Å². The molecule has 116 valence electrons. The molecule has 2 fully saturated rings. The molecule has 6 nitrogen and oxygen atoms in total. The number of rotatable bonds is 4. The van der Waals surface area contributed by atoms with Gasteiger partial charge in [-0.25, -0.2) is 0 Å². The normalized spacial score (nSPS) is 28.4. The van der Waals surface area contributed by atoms with Gasteiger partial charge in [0.1, 0.15) is 0 Å². The smallest absolute Gasteiger partial charge is 0.246 e. The highest BCUT2D eigenvalue weighted by Crippen LogP contribution is 2.33. The Morgan fingerprint density at radius 1 is 1.43 bits per heavy atom. The van der Waals surface area contributed by atoms with Gasteiger partial charge < -0.3 is 14.7 Å². The quantitative estimate of drug-likeness (QED) is 0.911. The van der Waals surface area contributed by atoms with E-state index in [1.807, 2.05) is 14.0 Å². The van der Waals surface area contributed by atoms with Crippen LogP contribution < -0.4 is 5.32 Å². The number of hydrogen-bond donors (Lipinski definition) is 1. The summed E-state index contributed by atoms with van der Waals surface area (Å²) < 4.78 is 5.16. The fourth-order valence-corrected chi connectivity index (χ4v) is 3.56. The van der Waals surface area contributed by atoms with Crippen molar-refractivity contribution >= 4 is 5.91 Å². The summed E-state index contributed by atoms with van der Waals surface area (Å²) >= 11 is 0. The molecule has 0 spiro atoms. The highest BCUT2D eigenvalue weighted by Gasteiger charge is 2.39. The Bertz CT molecular complexity index is 488. The predicted octanol–water partition coefficient (Wildman–Crippen LogP) is 1.51. The molecule has 1 saturated carbocycles. The van der Waals surface area contributed by atoms with Crippen molar-refractivity contribution in [1.29, 1.82) is 0 Å². The van der Waals surface area contributed by atoms with E-state index in [-0.39, 0.29) is 11.9 Å². The number of carbonyl (C=O) groups excluding carboxylic acids is 1. The molecule has 3 rings (SSSR count). The van der Waals surface area contributed by atoms with Crippen LogP contribution in [0.25, 0.3) is 0 Å². The summed E-state index contributed by atoms with van der Waals surface area (Å²) in [6, 6.07) is 0.493. The summed E-state index contributed by atoms with van der Waals surface area (Å²) in [5, 5.41) is 7.38. The summed E-state index contributed by atoms with van der Waals surface area (Å²) in [5.41, 5.74) is 0. The first-order chi connectivity index (χ1) is 10.2. The average Bonchev–Trinajstić information content (AvgIpc) is 3.12. The van der Waals surface area contributed by atoms with Gasteiger partial charge in [-0.05, 0) is 25.2 Å². The van der Waals surface area contributed by atoms with Gasteiger partial charge in [0.15, 0.2) is 5.82 Å². The third kappa shape index (κ3) is 3.10. The lowest BCUT2D eigenvalue weighted by Crippen LogP contribution is -2.43. The molecule has 2 heterocycles. The average molecular weight is 292 g/mol. The Labute approximate surface area is 125 Å². The van der Waals surface area contributed by atoms with E-state index in [4.69, 9.17) is 4.52 Å². The van der Waals surface area contributed by atoms with Gasteiger partial charge in [-0.1, -0.05) is 24.9 Å². The molecule has 1 aromatic heterocycles. The van der Waals surface area contributed by atoms with E-state index in [9.17, 15) is 4.79 Å². The molecule has 0 radical (unpaired) electrons. The minimum absolute atomic E-state index is 0.0448. The van der Waals surface area contributed by atoms with Gasteiger partial charge in [0.05, 0.1) is 12.6 Å². The van der Waals surface area contributed by atoms with Crippen LogP contribution in [-0.2, 0) is 17.8 Å². The number of aromatic nitrogens is 2. The maximum atomic E-state index is 12.5. The second-order valence-electron chi connectivity index (χ2n) is 6.26. The molecule has 1 amide bonds. The second-order valence-corrected chi connectivity index (χ2v) is 6.26. The molecule has 1 aliphatic heterocycles. The Morgan fingerprint density at radius 2 is 2.24 bits per heavy atom. The largest absolute Gasteiger partial charge is 0.337 e. The molecule has 0 bridgehead atoms. The number of nitrogens with zero attached hydrogens (tertiary/aromatic N) is 3. The SMILES string of the molecule is CCc1noc(CN(C)C(=O)[C@@H]2C[C@H]3CCCC[C@@H]3N2)n1. The zero-order valence-corrected chi connectivity index (χ0v) is 12.8. The van der Waals surface area contributed by atoms with Crippen LogP contribution in [0.2, 0.25) is 0 Å². The minimum Gasteiger partial charge on any atom is -0.337 e. The highest BCUT2D eigenvalue weighted by molar-refractivity contribution is 5.82. The molecule has 1 saturated heterocycles. The maximum Gasteiger partial charge on any atom is 0.246 e. The first-order valence-electron chi connectivity index (χ1n) is 8.00. The van der Waals surface area contributed by atoms with E-state index in [1.54, 1.807) is 4.90 Å². The summed E-state index contributed by atoms with van der Waals surface area (Å²) in [6.07, 6.45) is 6.77. The van der Waals surface area contributed by atoms with Gasteiger partial charge in [0.2, 0.25) is 11.8 Å². The van der Waals surface area contributed by atoms with Crippen LogP contribution in [0.4, 0.5) is 0 Å². The fraction of sp³-hybridized carbons (Fsp3) is 0.800. The Morgan fingerprint density at radius 3 is 2.95 bits per heavy atom. The van der Waals surface area contributed by atoms with Crippen molar-refractivity contribution < 1.29 is 9.32 Å². The van der Waals surface area contributed by atoms with Gasteiger partial charge in [-0.2, -0.15) is 4.98 Å². The standard InChI is InChI=1S/C15H24N4O2/c1-3-13-17-14(21-18-13)9-19(2)15(20)12-8-10-6-4-5-7-11(10)16-12/h10-12,16H,3-9H2,1-2H3/t10-,11+,12+/m1/s1. The van der Waals surface area contributed by atoms with Crippen LogP contribution in [0.5, 0.6) is 0 Å². The van der Waals surface area contributed by atoms with Crippen LogP contribution in [-0.4, -0.2) is 40.1 Å². The minimum atomic E-state index is -0.0448. The van der Waals surface area contributed by atoms with Crippen LogP contribution in [0.3, 0.4) is 0 Å². The zero-order valence-electron chi connectivity index (χ0n) is 12.8.